The van der Waals surface area contributed by atoms with Gasteiger partial charge in [-0.3, -0.25) is 0 Å². The van der Waals surface area contributed by atoms with Gasteiger partial charge in [0, 0.05) is 5.73 Å². The van der Waals surface area contributed by atoms with Gasteiger partial charge in [0.05, 0.1) is 10.2 Å². The lowest BCUT2D eigenvalue weighted by molar-refractivity contribution is 0.313. The van der Waals surface area contributed by atoms with Crippen molar-refractivity contribution >= 4 is 20.7 Å². The number of allylic oxidation sites excluding steroid dienone is 1. The van der Waals surface area contributed by atoms with Crippen LogP contribution in [0.15, 0.2) is 12.2 Å². The van der Waals surface area contributed by atoms with Gasteiger partial charge in [0.25, 0.3) is 0 Å². The average Bonchev–Trinajstić information content (AvgIpc) is 1.83. The average molecular weight is 140 g/mol. The Morgan fingerprint density at radius 2 is 2.38 bits per heavy atom. The Labute approximate surface area is 57.1 Å². The van der Waals surface area contributed by atoms with Gasteiger partial charge in [-0.15, -0.1) is 0 Å². The first-order valence-corrected chi connectivity index (χ1v) is 3.44. The van der Waals surface area contributed by atoms with Crippen LogP contribution in [0.4, 0.5) is 0 Å². The molecular weight excluding hydrogens is 132 g/mol. The molecule has 0 N–H and O–H groups in total. The van der Waals surface area contributed by atoms with Crippen LogP contribution in [0.3, 0.4) is 0 Å². The van der Waals surface area contributed by atoms with E-state index in [0.29, 0.717) is 0 Å². The summed E-state index contributed by atoms with van der Waals surface area (Å²) in [7, 11) is 6.21. The lowest BCUT2D eigenvalue weighted by Crippen LogP contribution is -2.08. The van der Waals surface area contributed by atoms with E-state index in [1.54, 1.807) is 0 Å². The molecule has 1 nitrogen and oxygen atoms in total. The van der Waals surface area contributed by atoms with Gasteiger partial charge in [-0.25, -0.2) is 0 Å². The second-order valence-electron chi connectivity index (χ2n) is 1.41. The minimum atomic E-state index is 0.0860. The van der Waals surface area contributed by atoms with Crippen LogP contribution in [0.1, 0.15) is 13.3 Å². The summed E-state index contributed by atoms with van der Waals surface area (Å²) in [4.78, 5) is 0. The molecule has 0 aromatic carbocycles. The zero-order valence-corrected chi connectivity index (χ0v) is 6.85. The minimum absolute atomic E-state index is 0.0860. The van der Waals surface area contributed by atoms with Crippen molar-refractivity contribution in [3.05, 3.63) is 12.2 Å². The highest BCUT2D eigenvalue weighted by molar-refractivity contribution is 6.13. The molecule has 1 atom stereocenters. The highest BCUT2D eigenvalue weighted by Crippen LogP contribution is 1.90. The highest BCUT2D eigenvalue weighted by atomic mass is 28.2. The normalized spacial score (nSPS) is 14.9. The van der Waals surface area contributed by atoms with Crippen LogP contribution in [-0.4, -0.2) is 26.5 Å². The quantitative estimate of drug-likeness (QED) is 0.411. The third-order valence-electron chi connectivity index (χ3n) is 0.728. The van der Waals surface area contributed by atoms with Gasteiger partial charge in [0.1, 0.15) is 0 Å². The number of hydrogen-bond acceptors (Lipinski definition) is 1. The van der Waals surface area contributed by atoms with Gasteiger partial charge in [0.2, 0.25) is 10.5 Å². The van der Waals surface area contributed by atoms with E-state index in [9.17, 15) is 0 Å². The molecule has 0 aliphatic heterocycles. The summed E-state index contributed by atoms with van der Waals surface area (Å²) >= 11 is 0. The lowest BCUT2D eigenvalue weighted by Gasteiger charge is -2.03. The molecule has 0 saturated heterocycles. The minimum Gasteiger partial charge on any atom is -0.419 e. The van der Waals surface area contributed by atoms with Crippen LogP contribution in [0, 0.1) is 0 Å². The van der Waals surface area contributed by atoms with Crippen LogP contribution in [-0.2, 0) is 4.43 Å². The van der Waals surface area contributed by atoms with Gasteiger partial charge in [-0.2, -0.15) is 0 Å². The fourth-order valence-electron chi connectivity index (χ4n) is 0.308. The molecule has 0 aliphatic carbocycles. The summed E-state index contributed by atoms with van der Waals surface area (Å²) in [5.41, 5.74) is 0.0860. The molecule has 1 unspecified atom stereocenters. The topological polar surface area (TPSA) is 9.23 Å². The second kappa shape index (κ2) is 5.27. The molecule has 3 heteroatoms. The standard InChI is InChI=1S/C5H8OSi2/c1-2-3-4-5(7)6-8/h2-3,5H,4H2,1H3. The van der Waals surface area contributed by atoms with Crippen molar-refractivity contribution in [1.82, 2.24) is 0 Å². The van der Waals surface area contributed by atoms with E-state index in [-0.39, 0.29) is 5.73 Å². The zero-order valence-electron chi connectivity index (χ0n) is 4.85. The first-order valence-electron chi connectivity index (χ1n) is 2.46. The predicted molar refractivity (Wildman–Crippen MR) is 35.8 cm³/mol. The second-order valence-corrected chi connectivity index (χ2v) is 2.29. The summed E-state index contributed by atoms with van der Waals surface area (Å²) in [6, 6.07) is 0. The zero-order chi connectivity index (χ0) is 6.41. The van der Waals surface area contributed by atoms with Gasteiger partial charge in [0.15, 0.2) is 0 Å². The first kappa shape index (κ1) is 8.13. The van der Waals surface area contributed by atoms with E-state index in [1.165, 1.54) is 0 Å². The van der Waals surface area contributed by atoms with E-state index < -0.39 is 0 Å². The maximum Gasteiger partial charge on any atom is 0.246 e. The van der Waals surface area contributed by atoms with Crippen molar-refractivity contribution in [1.29, 1.82) is 0 Å². The predicted octanol–water partition coefficient (Wildman–Crippen LogP) is 0.547. The molecule has 0 rings (SSSR count). The Balaban J connectivity index is 3.10. The Morgan fingerprint density at radius 1 is 1.75 bits per heavy atom. The van der Waals surface area contributed by atoms with Crippen molar-refractivity contribution in [2.45, 2.75) is 19.1 Å². The lowest BCUT2D eigenvalue weighted by atomic mass is 10.4. The third-order valence-corrected chi connectivity index (χ3v) is 1.60. The molecule has 0 amide bonds. The maximum absolute atomic E-state index is 4.72. The van der Waals surface area contributed by atoms with E-state index in [1.807, 2.05) is 19.1 Å². The fourth-order valence-corrected chi connectivity index (χ4v) is 0.540. The Bertz CT molecular complexity index is 72.8. The van der Waals surface area contributed by atoms with E-state index in [2.05, 4.69) is 20.7 Å². The molecule has 42 valence electrons. The number of rotatable bonds is 3. The molecule has 0 aliphatic rings. The van der Waals surface area contributed by atoms with Crippen molar-refractivity contribution in [2.75, 3.05) is 0 Å². The smallest absolute Gasteiger partial charge is 0.246 e. The van der Waals surface area contributed by atoms with E-state index in [4.69, 9.17) is 4.43 Å². The van der Waals surface area contributed by atoms with Crippen LogP contribution in [0.5, 0.6) is 0 Å². The van der Waals surface area contributed by atoms with Crippen molar-refractivity contribution in [3.63, 3.8) is 0 Å². The highest BCUT2D eigenvalue weighted by Gasteiger charge is 1.91. The monoisotopic (exact) mass is 140 g/mol. The Morgan fingerprint density at radius 3 is 2.75 bits per heavy atom. The summed E-state index contributed by atoms with van der Waals surface area (Å²) < 4.78 is 4.72. The van der Waals surface area contributed by atoms with Crippen LogP contribution in [0.2, 0.25) is 0 Å². The molecule has 0 fully saturated rings. The van der Waals surface area contributed by atoms with E-state index in [0.717, 1.165) is 6.42 Å². The van der Waals surface area contributed by atoms with E-state index >= 15 is 0 Å². The van der Waals surface area contributed by atoms with Gasteiger partial charge < -0.3 is 4.43 Å². The molecular formula is C5H8OSi2. The molecule has 0 aromatic rings. The maximum atomic E-state index is 4.72. The summed E-state index contributed by atoms with van der Waals surface area (Å²) in [5, 5.41) is 0. The fraction of sp³-hybridized carbons (Fsp3) is 0.600. The molecule has 0 bridgehead atoms. The van der Waals surface area contributed by atoms with Gasteiger partial charge in [-0.1, -0.05) is 12.2 Å². The Kier molecular flexibility index (Phi) is 5.36. The molecule has 0 spiro atoms. The van der Waals surface area contributed by atoms with Crippen molar-refractivity contribution in [3.8, 4) is 0 Å². The molecule has 6 radical (unpaired) electrons. The SMILES string of the molecule is CC=CCC([Si])O[Si]. The van der Waals surface area contributed by atoms with Crippen LogP contribution in [0.25, 0.3) is 0 Å². The van der Waals surface area contributed by atoms with Crippen molar-refractivity contribution < 1.29 is 4.43 Å². The van der Waals surface area contributed by atoms with Crippen molar-refractivity contribution in [2.24, 2.45) is 0 Å². The Hall–Kier alpha value is 0.134. The van der Waals surface area contributed by atoms with Crippen LogP contribution >= 0.6 is 0 Å². The number of hydrogen-bond donors (Lipinski definition) is 0. The molecule has 0 saturated carbocycles. The van der Waals surface area contributed by atoms with Gasteiger partial charge in [-0.05, 0) is 13.3 Å². The molecule has 0 heterocycles. The third kappa shape index (κ3) is 4.30. The summed E-state index contributed by atoms with van der Waals surface area (Å²) in [6.07, 6.45) is 4.90. The largest absolute Gasteiger partial charge is 0.419 e. The summed E-state index contributed by atoms with van der Waals surface area (Å²) in [6.45, 7) is 1.98. The van der Waals surface area contributed by atoms with Crippen LogP contribution < -0.4 is 0 Å². The molecule has 8 heavy (non-hydrogen) atoms. The van der Waals surface area contributed by atoms with Gasteiger partial charge >= 0.3 is 0 Å². The summed E-state index contributed by atoms with van der Waals surface area (Å²) in [5.74, 6) is 0. The first-order chi connectivity index (χ1) is 3.81. The molecule has 0 aromatic heterocycles.